The van der Waals surface area contributed by atoms with E-state index in [4.69, 9.17) is 9.26 Å². The fraction of sp³-hybridized carbons (Fsp3) is 0.500. The highest BCUT2D eigenvalue weighted by molar-refractivity contribution is 5.96. The van der Waals surface area contributed by atoms with E-state index in [1.807, 2.05) is 4.90 Å². The summed E-state index contributed by atoms with van der Waals surface area (Å²) in [4.78, 5) is 30.9. The molecule has 0 saturated carbocycles. The van der Waals surface area contributed by atoms with Gasteiger partial charge in [0, 0.05) is 30.3 Å². The highest BCUT2D eigenvalue weighted by Crippen LogP contribution is 2.27. The zero-order valence-corrected chi connectivity index (χ0v) is 16.7. The van der Waals surface area contributed by atoms with Crippen LogP contribution in [0.1, 0.15) is 61.6 Å². The standard InChI is InChI=1S/C20H26N4O4/c1-13-21-17(28-23-13)14-8-10-24(11-9-14)18(25)15-6-5-7-16(12-15)22-19(26)27-20(2,3)4/h5-7,12,14H,8-11H2,1-4H3,(H,22,26). The third-order valence-electron chi connectivity index (χ3n) is 4.43. The second-order valence-electron chi connectivity index (χ2n) is 7.95. The van der Waals surface area contributed by atoms with Crippen molar-refractivity contribution in [1.82, 2.24) is 15.0 Å². The van der Waals surface area contributed by atoms with Crippen molar-refractivity contribution in [1.29, 1.82) is 0 Å². The molecule has 150 valence electrons. The second kappa shape index (κ2) is 8.00. The molecule has 1 N–H and O–H groups in total. The van der Waals surface area contributed by atoms with Gasteiger partial charge in [0.1, 0.15) is 5.60 Å². The fourth-order valence-electron chi connectivity index (χ4n) is 3.14. The van der Waals surface area contributed by atoms with Crippen molar-refractivity contribution in [3.8, 4) is 0 Å². The number of carbonyl (C=O) groups excluding carboxylic acids is 2. The number of anilines is 1. The molecule has 0 spiro atoms. The first-order valence-corrected chi connectivity index (χ1v) is 9.41. The van der Waals surface area contributed by atoms with Crippen LogP contribution in [0.25, 0.3) is 0 Å². The summed E-state index contributed by atoms with van der Waals surface area (Å²) in [6.07, 6.45) is 1.01. The van der Waals surface area contributed by atoms with Gasteiger partial charge in [-0.2, -0.15) is 4.98 Å². The Morgan fingerprint density at radius 1 is 1.25 bits per heavy atom. The summed E-state index contributed by atoms with van der Waals surface area (Å²) in [7, 11) is 0. The molecule has 1 aliphatic rings. The predicted octanol–water partition coefficient (Wildman–Crippen LogP) is 3.74. The Labute approximate surface area is 164 Å². The van der Waals surface area contributed by atoms with Crippen molar-refractivity contribution in [2.75, 3.05) is 18.4 Å². The van der Waals surface area contributed by atoms with Gasteiger partial charge in [-0.25, -0.2) is 4.79 Å². The van der Waals surface area contributed by atoms with E-state index in [9.17, 15) is 9.59 Å². The lowest BCUT2D eigenvalue weighted by atomic mass is 9.96. The van der Waals surface area contributed by atoms with Crippen LogP contribution < -0.4 is 5.32 Å². The van der Waals surface area contributed by atoms with Crippen molar-refractivity contribution in [2.24, 2.45) is 0 Å². The molecule has 3 rings (SSSR count). The van der Waals surface area contributed by atoms with Gasteiger partial charge in [0.25, 0.3) is 5.91 Å². The Morgan fingerprint density at radius 3 is 2.57 bits per heavy atom. The summed E-state index contributed by atoms with van der Waals surface area (Å²) in [5.74, 6) is 1.40. The van der Waals surface area contributed by atoms with Crippen LogP contribution in [0.5, 0.6) is 0 Å². The maximum absolute atomic E-state index is 12.8. The average molecular weight is 386 g/mol. The topological polar surface area (TPSA) is 97.6 Å². The first-order chi connectivity index (χ1) is 13.2. The van der Waals surface area contributed by atoms with Gasteiger partial charge >= 0.3 is 6.09 Å². The van der Waals surface area contributed by atoms with Gasteiger partial charge in [-0.3, -0.25) is 10.1 Å². The first kappa shape index (κ1) is 19.9. The van der Waals surface area contributed by atoms with Crippen LogP contribution in [0.3, 0.4) is 0 Å². The summed E-state index contributed by atoms with van der Waals surface area (Å²) in [6, 6.07) is 6.88. The number of amides is 2. The predicted molar refractivity (Wildman–Crippen MR) is 103 cm³/mol. The quantitative estimate of drug-likeness (QED) is 0.863. The lowest BCUT2D eigenvalue weighted by Gasteiger charge is -2.30. The molecule has 1 aliphatic heterocycles. The fourth-order valence-corrected chi connectivity index (χ4v) is 3.14. The number of hydrogen-bond donors (Lipinski definition) is 1. The molecule has 0 atom stereocenters. The van der Waals surface area contributed by atoms with Crippen molar-refractivity contribution in [3.63, 3.8) is 0 Å². The SMILES string of the molecule is Cc1noc(C2CCN(C(=O)c3cccc(NC(=O)OC(C)(C)C)c3)CC2)n1. The number of nitrogens with one attached hydrogen (secondary N) is 1. The van der Waals surface area contributed by atoms with E-state index in [-0.39, 0.29) is 11.8 Å². The average Bonchev–Trinajstić information content (AvgIpc) is 3.06. The second-order valence-corrected chi connectivity index (χ2v) is 7.95. The van der Waals surface area contributed by atoms with Crippen LogP contribution >= 0.6 is 0 Å². The molecule has 1 saturated heterocycles. The lowest BCUT2D eigenvalue weighted by molar-refractivity contribution is 0.0634. The maximum atomic E-state index is 12.8. The number of ether oxygens (including phenoxy) is 1. The Bertz CT molecular complexity index is 848. The Hall–Kier alpha value is -2.90. The van der Waals surface area contributed by atoms with E-state index in [1.165, 1.54) is 0 Å². The normalized spacial score (nSPS) is 15.4. The largest absolute Gasteiger partial charge is 0.444 e. The molecule has 2 heterocycles. The van der Waals surface area contributed by atoms with E-state index in [2.05, 4.69) is 15.5 Å². The minimum atomic E-state index is -0.585. The number of piperidine rings is 1. The third-order valence-corrected chi connectivity index (χ3v) is 4.43. The smallest absolute Gasteiger partial charge is 0.412 e. The molecular formula is C20H26N4O4. The number of likely N-dealkylation sites (tertiary alicyclic amines) is 1. The Kier molecular flexibility index (Phi) is 5.67. The van der Waals surface area contributed by atoms with Gasteiger partial charge in [0.05, 0.1) is 0 Å². The molecule has 2 amide bonds. The van der Waals surface area contributed by atoms with E-state index in [0.717, 1.165) is 12.8 Å². The Morgan fingerprint density at radius 2 is 1.96 bits per heavy atom. The number of hydrogen-bond acceptors (Lipinski definition) is 6. The highest BCUT2D eigenvalue weighted by atomic mass is 16.6. The van der Waals surface area contributed by atoms with Crippen LogP contribution in [-0.4, -0.2) is 45.7 Å². The maximum Gasteiger partial charge on any atom is 0.412 e. The van der Waals surface area contributed by atoms with Crippen LogP contribution in [0, 0.1) is 6.92 Å². The van der Waals surface area contributed by atoms with E-state index < -0.39 is 11.7 Å². The lowest BCUT2D eigenvalue weighted by Crippen LogP contribution is -2.38. The molecule has 0 aliphatic carbocycles. The molecule has 1 aromatic carbocycles. The van der Waals surface area contributed by atoms with Gasteiger partial charge < -0.3 is 14.2 Å². The first-order valence-electron chi connectivity index (χ1n) is 9.41. The molecule has 8 nitrogen and oxygen atoms in total. The number of nitrogens with zero attached hydrogens (tertiary/aromatic N) is 3. The number of rotatable bonds is 3. The van der Waals surface area contributed by atoms with E-state index in [1.54, 1.807) is 52.0 Å². The molecular weight excluding hydrogens is 360 g/mol. The number of aryl methyl sites for hydroxylation is 1. The number of carbonyl (C=O) groups is 2. The van der Waals surface area contributed by atoms with Crippen molar-refractivity contribution in [3.05, 3.63) is 41.5 Å². The summed E-state index contributed by atoms with van der Waals surface area (Å²) in [5, 5.41) is 6.51. The molecule has 0 radical (unpaired) electrons. The Balaban J connectivity index is 1.60. The summed E-state index contributed by atoms with van der Waals surface area (Å²) >= 11 is 0. The minimum Gasteiger partial charge on any atom is -0.444 e. The summed E-state index contributed by atoms with van der Waals surface area (Å²) in [6.45, 7) is 8.43. The molecule has 28 heavy (non-hydrogen) atoms. The van der Waals surface area contributed by atoms with Gasteiger partial charge in [0.2, 0.25) is 5.89 Å². The van der Waals surface area contributed by atoms with Crippen LogP contribution in [0.2, 0.25) is 0 Å². The van der Waals surface area contributed by atoms with Crippen molar-refractivity contribution < 1.29 is 18.8 Å². The number of benzene rings is 1. The minimum absolute atomic E-state index is 0.0620. The van der Waals surface area contributed by atoms with Crippen molar-refractivity contribution >= 4 is 17.7 Å². The highest BCUT2D eigenvalue weighted by Gasteiger charge is 2.28. The number of aromatic nitrogens is 2. The van der Waals surface area contributed by atoms with E-state index in [0.29, 0.717) is 36.1 Å². The van der Waals surface area contributed by atoms with E-state index >= 15 is 0 Å². The summed E-state index contributed by atoms with van der Waals surface area (Å²) in [5.41, 5.74) is 0.468. The van der Waals surface area contributed by atoms with Crippen LogP contribution in [0.4, 0.5) is 10.5 Å². The van der Waals surface area contributed by atoms with Gasteiger partial charge in [-0.05, 0) is 58.7 Å². The molecule has 8 heteroatoms. The summed E-state index contributed by atoms with van der Waals surface area (Å²) < 4.78 is 10.5. The third kappa shape index (κ3) is 5.09. The van der Waals surface area contributed by atoms with Crippen LogP contribution in [0.15, 0.2) is 28.8 Å². The molecule has 1 fully saturated rings. The molecule has 0 bridgehead atoms. The van der Waals surface area contributed by atoms with Gasteiger partial charge in [0.15, 0.2) is 5.82 Å². The zero-order chi connectivity index (χ0) is 20.3. The molecule has 2 aromatic rings. The monoisotopic (exact) mass is 386 g/mol. The van der Waals surface area contributed by atoms with Gasteiger partial charge in [-0.15, -0.1) is 0 Å². The van der Waals surface area contributed by atoms with Crippen molar-refractivity contribution in [2.45, 2.75) is 52.1 Å². The van der Waals surface area contributed by atoms with Crippen LogP contribution in [-0.2, 0) is 4.74 Å². The zero-order valence-electron chi connectivity index (χ0n) is 16.7. The van der Waals surface area contributed by atoms with Gasteiger partial charge in [-0.1, -0.05) is 11.2 Å². The molecule has 0 unspecified atom stereocenters. The molecule has 1 aromatic heterocycles.